The first-order valence-electron chi connectivity index (χ1n) is 4.41. The molecule has 0 radical (unpaired) electrons. The highest BCUT2D eigenvalue weighted by Crippen LogP contribution is 2.34. The van der Waals surface area contributed by atoms with Crippen molar-refractivity contribution in [2.24, 2.45) is 0 Å². The molecule has 2 unspecified atom stereocenters. The van der Waals surface area contributed by atoms with Gasteiger partial charge in [0.2, 0.25) is 0 Å². The third-order valence-corrected chi connectivity index (χ3v) is 3.74. The summed E-state index contributed by atoms with van der Waals surface area (Å²) < 4.78 is 35.9. The van der Waals surface area contributed by atoms with Gasteiger partial charge < -0.3 is 10.4 Å². The van der Waals surface area contributed by atoms with Crippen molar-refractivity contribution in [3.8, 4) is 0 Å². The molecule has 0 aromatic rings. The fraction of sp³-hybridized carbons (Fsp3) is 1.00. The fourth-order valence-electron chi connectivity index (χ4n) is 1.55. The van der Waals surface area contributed by atoms with Crippen LogP contribution in [0.3, 0.4) is 0 Å². The Balaban J connectivity index is 2.47. The number of alkyl halides is 3. The molecular formula is C8H14F3NOS. The number of aliphatic hydroxyl groups excluding tert-OH is 1. The van der Waals surface area contributed by atoms with E-state index in [1.165, 1.54) is 0 Å². The van der Waals surface area contributed by atoms with Crippen LogP contribution < -0.4 is 5.32 Å². The molecule has 2 N–H and O–H groups in total. The minimum atomic E-state index is -4.21. The zero-order valence-electron chi connectivity index (χ0n) is 7.90. The number of hydrogen-bond donors (Lipinski definition) is 2. The number of nitrogens with one attached hydrogen (secondary N) is 1. The Kier molecular flexibility index (Phi) is 3.71. The molecule has 0 aromatic heterocycles. The summed E-state index contributed by atoms with van der Waals surface area (Å²) in [5.41, 5.74) is -0.737. The summed E-state index contributed by atoms with van der Waals surface area (Å²) in [4.78, 5) is 0. The lowest BCUT2D eigenvalue weighted by molar-refractivity contribution is -0.129. The highest BCUT2D eigenvalue weighted by atomic mass is 32.2. The predicted molar refractivity (Wildman–Crippen MR) is 50.4 cm³/mol. The van der Waals surface area contributed by atoms with Crippen LogP contribution in [0.15, 0.2) is 0 Å². The predicted octanol–water partition coefficient (Wildman–Crippen LogP) is 1.39. The van der Waals surface area contributed by atoms with Gasteiger partial charge in [-0.05, 0) is 6.42 Å². The van der Waals surface area contributed by atoms with Crippen molar-refractivity contribution < 1.29 is 18.3 Å². The van der Waals surface area contributed by atoms with Crippen molar-refractivity contribution in [3.63, 3.8) is 0 Å². The van der Waals surface area contributed by atoms with E-state index in [-0.39, 0.29) is 6.61 Å². The number of thioether (sulfide) groups is 1. The van der Waals surface area contributed by atoms with Gasteiger partial charge in [0, 0.05) is 11.0 Å². The molecule has 2 nitrogen and oxygen atoms in total. The molecule has 0 aromatic carbocycles. The lowest BCUT2D eigenvalue weighted by atomic mass is 9.97. The minimum absolute atomic E-state index is 0.236. The van der Waals surface area contributed by atoms with Crippen LogP contribution in [0.25, 0.3) is 0 Å². The largest absolute Gasteiger partial charge is 0.401 e. The zero-order chi connectivity index (χ0) is 10.8. The summed E-state index contributed by atoms with van der Waals surface area (Å²) in [7, 11) is 0. The molecule has 1 heterocycles. The van der Waals surface area contributed by atoms with Gasteiger partial charge in [0.15, 0.2) is 0 Å². The topological polar surface area (TPSA) is 32.3 Å². The van der Waals surface area contributed by atoms with E-state index in [1.807, 2.05) is 6.92 Å². The Morgan fingerprint density at radius 3 is 2.57 bits per heavy atom. The second-order valence-electron chi connectivity index (χ2n) is 3.73. The average molecular weight is 229 g/mol. The van der Waals surface area contributed by atoms with Gasteiger partial charge in [0.05, 0.1) is 18.7 Å². The van der Waals surface area contributed by atoms with Crippen LogP contribution >= 0.6 is 11.8 Å². The maximum Gasteiger partial charge on any atom is 0.401 e. The third-order valence-electron chi connectivity index (χ3n) is 2.29. The van der Waals surface area contributed by atoms with Crippen molar-refractivity contribution in [2.45, 2.75) is 30.3 Å². The van der Waals surface area contributed by atoms with Gasteiger partial charge in [0.25, 0.3) is 0 Å². The summed E-state index contributed by atoms with van der Waals surface area (Å²) >= 11 is 1.59. The summed E-state index contributed by atoms with van der Waals surface area (Å²) in [5, 5.41) is 11.8. The van der Waals surface area contributed by atoms with E-state index in [4.69, 9.17) is 5.11 Å². The Bertz CT molecular complexity index is 200. The number of hydrogen-bond acceptors (Lipinski definition) is 3. The van der Waals surface area contributed by atoms with Crippen LogP contribution in [-0.2, 0) is 0 Å². The Hall–Kier alpha value is 0.0600. The Morgan fingerprint density at radius 2 is 2.21 bits per heavy atom. The average Bonchev–Trinajstić information content (AvgIpc) is 2.44. The Labute approximate surface area is 85.3 Å². The first-order chi connectivity index (χ1) is 6.37. The van der Waals surface area contributed by atoms with Crippen molar-refractivity contribution in [3.05, 3.63) is 0 Å². The molecule has 1 fully saturated rings. The Morgan fingerprint density at radius 1 is 1.57 bits per heavy atom. The molecular weight excluding hydrogens is 215 g/mol. The SMILES string of the molecule is CC1CC(CO)(NCC(F)(F)F)CS1. The molecule has 2 atom stereocenters. The summed E-state index contributed by atoms with van der Waals surface area (Å²) in [5.74, 6) is 0.542. The van der Waals surface area contributed by atoms with Gasteiger partial charge in [0.1, 0.15) is 0 Å². The molecule has 0 aliphatic carbocycles. The minimum Gasteiger partial charge on any atom is -0.394 e. The second-order valence-corrected chi connectivity index (χ2v) is 5.16. The van der Waals surface area contributed by atoms with Gasteiger partial charge in [-0.3, -0.25) is 0 Å². The van der Waals surface area contributed by atoms with Gasteiger partial charge >= 0.3 is 6.18 Å². The van der Waals surface area contributed by atoms with Crippen molar-refractivity contribution in [1.29, 1.82) is 0 Å². The quantitative estimate of drug-likeness (QED) is 0.767. The highest BCUT2D eigenvalue weighted by Gasteiger charge is 2.40. The van der Waals surface area contributed by atoms with Crippen molar-refractivity contribution in [2.75, 3.05) is 18.9 Å². The second kappa shape index (κ2) is 4.28. The van der Waals surface area contributed by atoms with Crippen LogP contribution in [0.2, 0.25) is 0 Å². The molecule has 0 saturated carbocycles. The first-order valence-corrected chi connectivity index (χ1v) is 5.46. The summed E-state index contributed by atoms with van der Waals surface area (Å²) in [6.07, 6.45) is -3.62. The molecule has 6 heteroatoms. The van der Waals surface area contributed by atoms with Gasteiger partial charge in [-0.1, -0.05) is 6.92 Å². The maximum atomic E-state index is 12.0. The van der Waals surface area contributed by atoms with Crippen LogP contribution in [0.4, 0.5) is 13.2 Å². The van der Waals surface area contributed by atoms with E-state index in [2.05, 4.69) is 5.32 Å². The van der Waals surface area contributed by atoms with E-state index in [0.717, 1.165) is 0 Å². The molecule has 0 amide bonds. The van der Waals surface area contributed by atoms with Crippen LogP contribution in [-0.4, -0.2) is 41.0 Å². The molecule has 84 valence electrons. The van der Waals surface area contributed by atoms with E-state index in [0.29, 0.717) is 17.4 Å². The third kappa shape index (κ3) is 3.33. The summed E-state index contributed by atoms with van der Waals surface area (Å²) in [6, 6.07) is 0. The highest BCUT2D eigenvalue weighted by molar-refractivity contribution is 8.00. The lowest BCUT2D eigenvalue weighted by Gasteiger charge is -2.28. The number of halogens is 3. The smallest absolute Gasteiger partial charge is 0.394 e. The van der Waals surface area contributed by atoms with Crippen molar-refractivity contribution >= 4 is 11.8 Å². The van der Waals surface area contributed by atoms with Crippen LogP contribution in [0.5, 0.6) is 0 Å². The number of aliphatic hydroxyl groups is 1. The van der Waals surface area contributed by atoms with Crippen molar-refractivity contribution in [1.82, 2.24) is 5.32 Å². The maximum absolute atomic E-state index is 12.0. The molecule has 1 aliphatic heterocycles. The van der Waals surface area contributed by atoms with E-state index in [9.17, 15) is 13.2 Å². The number of rotatable bonds is 3. The van der Waals surface area contributed by atoms with Crippen LogP contribution in [0.1, 0.15) is 13.3 Å². The molecule has 1 aliphatic rings. The van der Waals surface area contributed by atoms with E-state index >= 15 is 0 Å². The van der Waals surface area contributed by atoms with Crippen LogP contribution in [0, 0.1) is 0 Å². The van der Waals surface area contributed by atoms with Gasteiger partial charge in [-0.25, -0.2) is 0 Å². The standard InChI is InChI=1S/C8H14F3NOS/c1-6-2-7(4-13,5-14-6)12-3-8(9,10)11/h6,12-13H,2-5H2,1H3. The zero-order valence-corrected chi connectivity index (χ0v) is 8.71. The summed E-state index contributed by atoms with van der Waals surface area (Å²) in [6.45, 7) is 0.693. The fourth-order valence-corrected chi connectivity index (χ4v) is 2.90. The normalized spacial score (nSPS) is 33.6. The lowest BCUT2D eigenvalue weighted by Crippen LogP contribution is -2.52. The molecule has 1 saturated heterocycles. The molecule has 0 bridgehead atoms. The molecule has 0 spiro atoms. The molecule has 14 heavy (non-hydrogen) atoms. The van der Waals surface area contributed by atoms with Gasteiger partial charge in [-0.15, -0.1) is 0 Å². The van der Waals surface area contributed by atoms with E-state index in [1.54, 1.807) is 11.8 Å². The van der Waals surface area contributed by atoms with E-state index < -0.39 is 18.3 Å². The molecule has 1 rings (SSSR count). The first kappa shape index (κ1) is 12.1. The van der Waals surface area contributed by atoms with Gasteiger partial charge in [-0.2, -0.15) is 24.9 Å². The monoisotopic (exact) mass is 229 g/mol.